The van der Waals surface area contributed by atoms with Gasteiger partial charge >= 0.3 is 0 Å². The van der Waals surface area contributed by atoms with Crippen LogP contribution in [-0.4, -0.2) is 49.0 Å². The van der Waals surface area contributed by atoms with Gasteiger partial charge < -0.3 is 15.5 Å². The highest BCUT2D eigenvalue weighted by Crippen LogP contribution is 2.47. The van der Waals surface area contributed by atoms with E-state index in [2.05, 4.69) is 27.4 Å². The lowest BCUT2D eigenvalue weighted by molar-refractivity contribution is -0.120. The van der Waals surface area contributed by atoms with Crippen LogP contribution in [0.15, 0.2) is 4.99 Å². The summed E-state index contributed by atoms with van der Waals surface area (Å²) < 4.78 is 0. The molecule has 2 aliphatic carbocycles. The number of amides is 1. The van der Waals surface area contributed by atoms with Gasteiger partial charge in [-0.3, -0.25) is 4.79 Å². The van der Waals surface area contributed by atoms with E-state index in [0.29, 0.717) is 11.5 Å². The van der Waals surface area contributed by atoms with Crippen molar-refractivity contribution in [3.63, 3.8) is 0 Å². The number of nitrogens with one attached hydrogen (secondary N) is 2. The van der Waals surface area contributed by atoms with Crippen molar-refractivity contribution in [2.75, 3.05) is 26.2 Å². The van der Waals surface area contributed by atoms with Gasteiger partial charge in [-0.25, -0.2) is 4.99 Å². The first-order valence-corrected chi connectivity index (χ1v) is 9.53. The molecule has 1 aliphatic heterocycles. The van der Waals surface area contributed by atoms with Crippen molar-refractivity contribution in [1.29, 1.82) is 0 Å². The largest absolute Gasteiger partial charge is 0.357 e. The third-order valence-corrected chi connectivity index (χ3v) is 5.83. The maximum Gasteiger partial charge on any atom is 0.242 e. The number of hydrogen-bond acceptors (Lipinski definition) is 2. The van der Waals surface area contributed by atoms with Gasteiger partial charge in [0.05, 0.1) is 0 Å². The van der Waals surface area contributed by atoms with Crippen molar-refractivity contribution < 1.29 is 4.79 Å². The van der Waals surface area contributed by atoms with Crippen LogP contribution in [0.5, 0.6) is 0 Å². The molecular weight excluding hydrogens is 415 g/mol. The molecule has 0 atom stereocenters. The minimum Gasteiger partial charge on any atom is -0.357 e. The molecule has 138 valence electrons. The summed E-state index contributed by atoms with van der Waals surface area (Å²) in [6.45, 7) is 5.39. The molecule has 0 aromatic rings. The first kappa shape index (κ1) is 19.8. The highest BCUT2D eigenvalue weighted by Gasteiger charge is 2.43. The first-order valence-electron chi connectivity index (χ1n) is 9.53. The Balaban J connectivity index is 0.00000208. The molecule has 2 N–H and O–H groups in total. The van der Waals surface area contributed by atoms with Crippen molar-refractivity contribution in [2.45, 2.75) is 70.8 Å². The molecule has 0 radical (unpaired) electrons. The van der Waals surface area contributed by atoms with Crippen LogP contribution in [0.1, 0.15) is 64.7 Å². The highest BCUT2D eigenvalue weighted by molar-refractivity contribution is 14.0. The van der Waals surface area contributed by atoms with Crippen molar-refractivity contribution in [2.24, 2.45) is 10.4 Å². The van der Waals surface area contributed by atoms with Gasteiger partial charge in [-0.15, -0.1) is 24.0 Å². The van der Waals surface area contributed by atoms with Crippen LogP contribution in [0, 0.1) is 5.41 Å². The van der Waals surface area contributed by atoms with Crippen LogP contribution < -0.4 is 10.6 Å². The summed E-state index contributed by atoms with van der Waals surface area (Å²) in [7, 11) is 0. The predicted molar refractivity (Wildman–Crippen MR) is 109 cm³/mol. The number of carbonyl (C=O) groups excluding carboxylic acids is 1. The van der Waals surface area contributed by atoms with E-state index in [1.165, 1.54) is 44.9 Å². The Morgan fingerprint density at radius 2 is 1.92 bits per heavy atom. The van der Waals surface area contributed by atoms with Crippen molar-refractivity contribution in [1.82, 2.24) is 15.5 Å². The van der Waals surface area contributed by atoms with E-state index in [0.717, 1.165) is 38.4 Å². The molecule has 3 rings (SSSR count). The second-order valence-electron chi connectivity index (χ2n) is 7.60. The van der Waals surface area contributed by atoms with Gasteiger partial charge in [-0.1, -0.05) is 25.7 Å². The van der Waals surface area contributed by atoms with Crippen LogP contribution in [-0.2, 0) is 4.79 Å². The van der Waals surface area contributed by atoms with Crippen LogP contribution in [0.4, 0.5) is 0 Å². The molecule has 1 spiro atoms. The van der Waals surface area contributed by atoms with Gasteiger partial charge in [-0.2, -0.15) is 0 Å². The molecule has 6 heteroatoms. The summed E-state index contributed by atoms with van der Waals surface area (Å²) >= 11 is 0. The van der Waals surface area contributed by atoms with E-state index in [-0.39, 0.29) is 36.4 Å². The molecule has 0 bridgehead atoms. The third kappa shape index (κ3) is 4.99. The fraction of sp³-hybridized carbons (Fsp3) is 0.889. The normalized spacial score (nSPS) is 23.5. The SMILES string of the molecule is CCNC(=NCC(=O)NC1CCCCC1)N1CCC2(CCC2)C1.I. The zero-order valence-electron chi connectivity index (χ0n) is 15.0. The molecular formula is C18H33IN4O. The van der Waals surface area contributed by atoms with E-state index < -0.39 is 0 Å². The number of carbonyl (C=O) groups is 1. The fourth-order valence-electron chi connectivity index (χ4n) is 4.29. The van der Waals surface area contributed by atoms with E-state index in [1.54, 1.807) is 0 Å². The minimum absolute atomic E-state index is 0. The topological polar surface area (TPSA) is 56.7 Å². The molecule has 1 amide bonds. The lowest BCUT2D eigenvalue weighted by atomic mass is 9.68. The summed E-state index contributed by atoms with van der Waals surface area (Å²) in [4.78, 5) is 19.1. The Hall–Kier alpha value is -0.530. The van der Waals surface area contributed by atoms with Gasteiger partial charge in [0, 0.05) is 25.7 Å². The van der Waals surface area contributed by atoms with Crippen LogP contribution in [0.2, 0.25) is 0 Å². The Morgan fingerprint density at radius 3 is 2.50 bits per heavy atom. The molecule has 3 aliphatic rings. The van der Waals surface area contributed by atoms with Crippen molar-refractivity contribution in [3.05, 3.63) is 0 Å². The number of rotatable bonds is 4. The third-order valence-electron chi connectivity index (χ3n) is 5.83. The zero-order chi connectivity index (χ0) is 16.1. The average molecular weight is 448 g/mol. The highest BCUT2D eigenvalue weighted by atomic mass is 127. The smallest absolute Gasteiger partial charge is 0.242 e. The van der Waals surface area contributed by atoms with Crippen molar-refractivity contribution in [3.8, 4) is 0 Å². The number of halogens is 1. The van der Waals surface area contributed by atoms with Crippen LogP contribution in [0.25, 0.3) is 0 Å². The summed E-state index contributed by atoms with van der Waals surface area (Å²) in [5, 5.41) is 6.52. The molecule has 2 saturated carbocycles. The number of nitrogens with zero attached hydrogens (tertiary/aromatic N) is 2. The molecule has 0 aromatic heterocycles. The molecule has 0 aromatic carbocycles. The summed E-state index contributed by atoms with van der Waals surface area (Å²) in [6, 6.07) is 0.374. The predicted octanol–water partition coefficient (Wildman–Crippen LogP) is 2.89. The van der Waals surface area contributed by atoms with Gasteiger partial charge in [0.15, 0.2) is 5.96 Å². The quantitative estimate of drug-likeness (QED) is 0.395. The number of aliphatic imine (C=N–C) groups is 1. The lowest BCUT2D eigenvalue weighted by Gasteiger charge is -2.38. The molecule has 1 heterocycles. The van der Waals surface area contributed by atoms with E-state index in [4.69, 9.17) is 0 Å². The lowest BCUT2D eigenvalue weighted by Crippen LogP contribution is -2.43. The Bertz CT molecular complexity index is 444. The van der Waals surface area contributed by atoms with E-state index >= 15 is 0 Å². The molecule has 0 unspecified atom stereocenters. The second kappa shape index (κ2) is 9.25. The molecule has 5 nitrogen and oxygen atoms in total. The number of guanidine groups is 1. The minimum atomic E-state index is 0. The summed E-state index contributed by atoms with van der Waals surface area (Å²) in [5.41, 5.74) is 0.556. The molecule has 3 fully saturated rings. The monoisotopic (exact) mass is 448 g/mol. The Kier molecular flexibility index (Phi) is 7.62. The van der Waals surface area contributed by atoms with Crippen LogP contribution >= 0.6 is 24.0 Å². The second-order valence-corrected chi connectivity index (χ2v) is 7.60. The molecule has 24 heavy (non-hydrogen) atoms. The Morgan fingerprint density at radius 1 is 1.17 bits per heavy atom. The fourth-order valence-corrected chi connectivity index (χ4v) is 4.29. The van der Waals surface area contributed by atoms with Gasteiger partial charge in [0.25, 0.3) is 0 Å². The van der Waals surface area contributed by atoms with Gasteiger partial charge in [-0.05, 0) is 44.4 Å². The average Bonchev–Trinajstić information content (AvgIpc) is 2.98. The maximum absolute atomic E-state index is 12.2. The van der Waals surface area contributed by atoms with E-state index in [9.17, 15) is 4.79 Å². The number of likely N-dealkylation sites (tertiary alicyclic amines) is 1. The maximum atomic E-state index is 12.2. The number of hydrogen-bond donors (Lipinski definition) is 2. The van der Waals surface area contributed by atoms with E-state index in [1.807, 2.05) is 0 Å². The van der Waals surface area contributed by atoms with Gasteiger partial charge in [0.2, 0.25) is 5.91 Å². The first-order chi connectivity index (χ1) is 11.2. The Labute approximate surface area is 163 Å². The summed E-state index contributed by atoms with van der Waals surface area (Å²) in [6.07, 6.45) is 11.5. The van der Waals surface area contributed by atoms with Crippen molar-refractivity contribution >= 4 is 35.8 Å². The van der Waals surface area contributed by atoms with Crippen LogP contribution in [0.3, 0.4) is 0 Å². The molecule has 1 saturated heterocycles. The van der Waals surface area contributed by atoms with Gasteiger partial charge in [0.1, 0.15) is 6.54 Å². The standard InChI is InChI=1S/C18H32N4O.HI/c1-2-19-17(22-12-11-18(14-22)9-6-10-18)20-13-16(23)21-15-7-4-3-5-8-15;/h15H,2-14H2,1H3,(H,19,20)(H,21,23);1H. The summed E-state index contributed by atoms with van der Waals surface area (Å²) in [5.74, 6) is 1.000. The zero-order valence-corrected chi connectivity index (χ0v) is 17.3.